The minimum absolute atomic E-state index is 0.162. The predicted octanol–water partition coefficient (Wildman–Crippen LogP) is 1.17. The molecular formula is C11H15FN2O2. The van der Waals surface area contributed by atoms with Gasteiger partial charge in [0.1, 0.15) is 5.60 Å². The Morgan fingerprint density at radius 1 is 1.75 bits per heavy atom. The Labute approximate surface area is 93.5 Å². The third kappa shape index (κ3) is 2.15. The summed E-state index contributed by atoms with van der Waals surface area (Å²) in [6.45, 7) is 2.58. The van der Waals surface area contributed by atoms with E-state index in [1.807, 2.05) is 6.92 Å². The zero-order valence-corrected chi connectivity index (χ0v) is 9.11. The van der Waals surface area contributed by atoms with E-state index in [1.165, 1.54) is 18.3 Å². The van der Waals surface area contributed by atoms with Crippen molar-refractivity contribution in [1.29, 1.82) is 0 Å². The number of ether oxygens (including phenoxy) is 1. The fraction of sp³-hybridized carbons (Fsp3) is 0.545. The van der Waals surface area contributed by atoms with Crippen molar-refractivity contribution in [2.75, 3.05) is 18.5 Å². The van der Waals surface area contributed by atoms with E-state index in [-0.39, 0.29) is 18.5 Å². The molecule has 1 aliphatic heterocycles. The highest BCUT2D eigenvalue weighted by atomic mass is 19.1. The molecule has 4 nitrogen and oxygen atoms in total. The standard InChI is InChI=1S/C11H15FN2O2/c1-8-11(15,4-6-16-8)7-14-10-9(12)3-2-5-13-10/h2-3,5,8,15H,4,6-7H2,1H3,(H,13,14). The molecule has 2 atom stereocenters. The average Bonchev–Trinajstić information content (AvgIpc) is 2.59. The van der Waals surface area contributed by atoms with E-state index in [0.29, 0.717) is 13.0 Å². The summed E-state index contributed by atoms with van der Waals surface area (Å²) in [6.07, 6.45) is 1.81. The van der Waals surface area contributed by atoms with Crippen LogP contribution in [-0.2, 0) is 4.74 Å². The minimum Gasteiger partial charge on any atom is -0.385 e. The Bertz CT molecular complexity index is 375. The van der Waals surface area contributed by atoms with Gasteiger partial charge in [-0.3, -0.25) is 0 Å². The summed E-state index contributed by atoms with van der Waals surface area (Å²) in [5.74, 6) is -0.257. The largest absolute Gasteiger partial charge is 0.385 e. The van der Waals surface area contributed by atoms with Gasteiger partial charge in [0.25, 0.3) is 0 Å². The molecule has 1 aromatic heterocycles. The van der Waals surface area contributed by atoms with E-state index in [0.717, 1.165) is 0 Å². The summed E-state index contributed by atoms with van der Waals surface area (Å²) < 4.78 is 18.5. The van der Waals surface area contributed by atoms with Crippen LogP contribution in [0, 0.1) is 5.82 Å². The fourth-order valence-corrected chi connectivity index (χ4v) is 1.76. The number of aromatic nitrogens is 1. The molecule has 16 heavy (non-hydrogen) atoms. The van der Waals surface area contributed by atoms with E-state index < -0.39 is 11.4 Å². The molecule has 0 aliphatic carbocycles. The van der Waals surface area contributed by atoms with Crippen LogP contribution in [0.3, 0.4) is 0 Å². The maximum absolute atomic E-state index is 13.2. The number of pyridine rings is 1. The van der Waals surface area contributed by atoms with Gasteiger partial charge < -0.3 is 15.2 Å². The molecule has 2 heterocycles. The third-order valence-corrected chi connectivity index (χ3v) is 2.98. The highest BCUT2D eigenvalue weighted by molar-refractivity contribution is 5.36. The molecule has 0 amide bonds. The molecule has 2 unspecified atom stereocenters. The van der Waals surface area contributed by atoms with Gasteiger partial charge in [0.2, 0.25) is 0 Å². The van der Waals surface area contributed by atoms with Crippen molar-refractivity contribution in [2.24, 2.45) is 0 Å². The van der Waals surface area contributed by atoms with Crippen molar-refractivity contribution >= 4 is 5.82 Å². The summed E-state index contributed by atoms with van der Waals surface area (Å²) in [5, 5.41) is 13.0. The fourth-order valence-electron chi connectivity index (χ4n) is 1.76. The van der Waals surface area contributed by atoms with Crippen LogP contribution in [0.2, 0.25) is 0 Å². The van der Waals surface area contributed by atoms with Crippen molar-refractivity contribution in [3.8, 4) is 0 Å². The van der Waals surface area contributed by atoms with E-state index >= 15 is 0 Å². The van der Waals surface area contributed by atoms with Gasteiger partial charge >= 0.3 is 0 Å². The Kier molecular flexibility index (Phi) is 3.07. The Morgan fingerprint density at radius 3 is 3.19 bits per heavy atom. The number of aliphatic hydroxyl groups is 1. The number of hydrogen-bond acceptors (Lipinski definition) is 4. The van der Waals surface area contributed by atoms with E-state index in [2.05, 4.69) is 10.3 Å². The van der Waals surface area contributed by atoms with Gasteiger partial charge in [0, 0.05) is 25.8 Å². The quantitative estimate of drug-likeness (QED) is 0.812. The smallest absolute Gasteiger partial charge is 0.165 e. The number of nitrogens with zero attached hydrogens (tertiary/aromatic N) is 1. The molecular weight excluding hydrogens is 211 g/mol. The number of halogens is 1. The number of anilines is 1. The Balaban J connectivity index is 2.00. The van der Waals surface area contributed by atoms with Crippen LogP contribution in [-0.4, -0.2) is 34.9 Å². The molecule has 88 valence electrons. The Hall–Kier alpha value is -1.20. The first kappa shape index (κ1) is 11.3. The average molecular weight is 226 g/mol. The molecule has 2 N–H and O–H groups in total. The van der Waals surface area contributed by atoms with Crippen molar-refractivity contribution in [1.82, 2.24) is 4.98 Å². The van der Waals surface area contributed by atoms with E-state index in [9.17, 15) is 9.50 Å². The Morgan fingerprint density at radius 2 is 2.56 bits per heavy atom. The summed E-state index contributed by atoms with van der Waals surface area (Å²) in [4.78, 5) is 3.86. The number of rotatable bonds is 3. The van der Waals surface area contributed by atoms with Gasteiger partial charge in [-0.2, -0.15) is 0 Å². The molecule has 1 saturated heterocycles. The molecule has 0 aromatic carbocycles. The topological polar surface area (TPSA) is 54.4 Å². The van der Waals surface area contributed by atoms with Crippen LogP contribution in [0.15, 0.2) is 18.3 Å². The molecule has 2 rings (SSSR count). The van der Waals surface area contributed by atoms with Gasteiger partial charge in [0.05, 0.1) is 6.10 Å². The molecule has 0 saturated carbocycles. The first-order chi connectivity index (χ1) is 7.62. The highest BCUT2D eigenvalue weighted by Gasteiger charge is 2.39. The lowest BCUT2D eigenvalue weighted by Gasteiger charge is -2.26. The van der Waals surface area contributed by atoms with Crippen LogP contribution in [0.4, 0.5) is 10.2 Å². The molecule has 0 radical (unpaired) electrons. The van der Waals surface area contributed by atoms with Crippen LogP contribution in [0.25, 0.3) is 0 Å². The maximum Gasteiger partial charge on any atom is 0.165 e. The lowest BCUT2D eigenvalue weighted by atomic mass is 9.97. The first-order valence-electron chi connectivity index (χ1n) is 5.30. The highest BCUT2D eigenvalue weighted by Crippen LogP contribution is 2.26. The maximum atomic E-state index is 13.2. The molecule has 1 aromatic rings. The lowest BCUT2D eigenvalue weighted by molar-refractivity contribution is -0.0176. The lowest BCUT2D eigenvalue weighted by Crippen LogP contribution is -2.43. The third-order valence-electron chi connectivity index (χ3n) is 2.98. The van der Waals surface area contributed by atoms with Gasteiger partial charge in [-0.15, -0.1) is 0 Å². The molecule has 5 heteroatoms. The van der Waals surface area contributed by atoms with Crippen molar-refractivity contribution in [3.05, 3.63) is 24.1 Å². The zero-order valence-electron chi connectivity index (χ0n) is 9.11. The second-order valence-corrected chi connectivity index (χ2v) is 4.05. The first-order valence-corrected chi connectivity index (χ1v) is 5.30. The molecule has 1 fully saturated rings. The van der Waals surface area contributed by atoms with Crippen molar-refractivity contribution in [2.45, 2.75) is 25.0 Å². The SMILES string of the molecule is CC1OCCC1(O)CNc1ncccc1F. The van der Waals surface area contributed by atoms with Crippen LogP contribution in [0.5, 0.6) is 0 Å². The normalized spacial score (nSPS) is 29.3. The van der Waals surface area contributed by atoms with Crippen LogP contribution in [0.1, 0.15) is 13.3 Å². The van der Waals surface area contributed by atoms with Gasteiger partial charge in [-0.25, -0.2) is 9.37 Å². The van der Waals surface area contributed by atoms with E-state index in [4.69, 9.17) is 4.74 Å². The summed E-state index contributed by atoms with van der Waals surface area (Å²) in [5.41, 5.74) is -0.941. The second kappa shape index (κ2) is 4.35. The second-order valence-electron chi connectivity index (χ2n) is 4.05. The molecule has 0 bridgehead atoms. The van der Waals surface area contributed by atoms with Crippen LogP contribution < -0.4 is 5.32 Å². The number of hydrogen-bond donors (Lipinski definition) is 2. The predicted molar refractivity (Wildman–Crippen MR) is 57.7 cm³/mol. The van der Waals surface area contributed by atoms with Gasteiger partial charge in [0.15, 0.2) is 11.6 Å². The van der Waals surface area contributed by atoms with Crippen molar-refractivity contribution in [3.63, 3.8) is 0 Å². The number of nitrogens with one attached hydrogen (secondary N) is 1. The molecule has 1 aliphatic rings. The summed E-state index contributed by atoms with van der Waals surface area (Å²) in [6, 6.07) is 2.85. The van der Waals surface area contributed by atoms with Crippen molar-refractivity contribution < 1.29 is 14.2 Å². The minimum atomic E-state index is -0.941. The molecule has 0 spiro atoms. The van der Waals surface area contributed by atoms with Crippen LogP contribution >= 0.6 is 0 Å². The summed E-state index contributed by atoms with van der Waals surface area (Å²) >= 11 is 0. The monoisotopic (exact) mass is 226 g/mol. The zero-order chi connectivity index (χ0) is 11.6. The van der Waals surface area contributed by atoms with E-state index in [1.54, 1.807) is 0 Å². The summed E-state index contributed by atoms with van der Waals surface area (Å²) in [7, 11) is 0. The van der Waals surface area contributed by atoms with Gasteiger partial charge in [-0.05, 0) is 19.1 Å². The van der Waals surface area contributed by atoms with Gasteiger partial charge in [-0.1, -0.05) is 0 Å².